The Morgan fingerprint density at radius 1 is 1.21 bits per heavy atom. The van der Waals surface area contributed by atoms with Gasteiger partial charge in [-0.05, 0) is 69.5 Å². The Morgan fingerprint density at radius 3 is 2.84 bits per heavy atom. The first-order valence-corrected chi connectivity index (χ1v) is 8.74. The first-order chi connectivity index (χ1) is 9.38. The number of allylic oxidation sites excluding steroid dienone is 1. The van der Waals surface area contributed by atoms with Crippen LogP contribution in [0.1, 0.15) is 66.8 Å². The average molecular weight is 275 g/mol. The van der Waals surface area contributed by atoms with Gasteiger partial charge in [-0.1, -0.05) is 18.6 Å². The van der Waals surface area contributed by atoms with Gasteiger partial charge >= 0.3 is 0 Å². The van der Waals surface area contributed by atoms with E-state index in [0.717, 1.165) is 6.54 Å². The highest BCUT2D eigenvalue weighted by Crippen LogP contribution is 2.38. The molecule has 1 atom stereocenters. The summed E-state index contributed by atoms with van der Waals surface area (Å²) in [6.07, 6.45) is 13.0. The highest BCUT2D eigenvalue weighted by atomic mass is 32.1. The number of nitrogens with one attached hydrogen (secondary N) is 1. The second-order valence-corrected chi connectivity index (χ2v) is 7.03. The molecular weight excluding hydrogens is 250 g/mol. The quantitative estimate of drug-likeness (QED) is 0.763. The van der Waals surface area contributed by atoms with Gasteiger partial charge < -0.3 is 5.32 Å². The van der Waals surface area contributed by atoms with E-state index >= 15 is 0 Å². The van der Waals surface area contributed by atoms with Crippen molar-refractivity contribution < 1.29 is 0 Å². The fourth-order valence-corrected chi connectivity index (χ4v) is 4.69. The molecule has 0 fully saturated rings. The van der Waals surface area contributed by atoms with Crippen LogP contribution in [0.4, 0.5) is 0 Å². The van der Waals surface area contributed by atoms with Crippen molar-refractivity contribution in [3.63, 3.8) is 0 Å². The van der Waals surface area contributed by atoms with Gasteiger partial charge in [-0.15, -0.1) is 11.3 Å². The molecule has 0 amide bonds. The third-order valence-corrected chi connectivity index (χ3v) is 5.65. The lowest BCUT2D eigenvalue weighted by molar-refractivity contribution is 0.585. The van der Waals surface area contributed by atoms with Crippen LogP contribution in [-0.4, -0.2) is 6.54 Å². The van der Waals surface area contributed by atoms with Gasteiger partial charge in [-0.2, -0.15) is 0 Å². The van der Waals surface area contributed by atoms with Crippen LogP contribution < -0.4 is 5.32 Å². The molecule has 0 aliphatic heterocycles. The van der Waals surface area contributed by atoms with Gasteiger partial charge in [0.1, 0.15) is 0 Å². The van der Waals surface area contributed by atoms with Crippen molar-refractivity contribution in [3.05, 3.63) is 33.0 Å². The minimum atomic E-state index is 0.512. The molecule has 0 aromatic carbocycles. The van der Waals surface area contributed by atoms with Gasteiger partial charge in [0.25, 0.3) is 0 Å². The normalized spacial score (nSPS) is 20.2. The summed E-state index contributed by atoms with van der Waals surface area (Å²) in [7, 11) is 0. The maximum Gasteiger partial charge on any atom is 0.0630 e. The Balaban J connectivity index is 1.83. The molecule has 2 aliphatic carbocycles. The van der Waals surface area contributed by atoms with E-state index < -0.39 is 0 Å². The van der Waals surface area contributed by atoms with E-state index in [0.29, 0.717) is 6.04 Å². The van der Waals surface area contributed by atoms with Crippen LogP contribution in [0, 0.1) is 0 Å². The second-order valence-electron chi connectivity index (χ2n) is 5.86. The third-order valence-electron chi connectivity index (χ3n) is 4.35. The smallest absolute Gasteiger partial charge is 0.0630 e. The molecule has 1 aromatic heterocycles. The Hall–Kier alpha value is -0.600. The number of rotatable bonds is 5. The highest BCUT2D eigenvalue weighted by molar-refractivity contribution is 7.12. The van der Waals surface area contributed by atoms with Crippen LogP contribution in [0.5, 0.6) is 0 Å². The molecular formula is C17H25NS. The molecule has 3 rings (SSSR count). The predicted octanol–water partition coefficient (Wildman–Crippen LogP) is 4.78. The molecule has 1 nitrogen and oxygen atoms in total. The van der Waals surface area contributed by atoms with Crippen molar-refractivity contribution >= 4 is 11.3 Å². The van der Waals surface area contributed by atoms with Crippen LogP contribution in [-0.2, 0) is 12.8 Å². The maximum atomic E-state index is 3.78. The number of hydrogen-bond donors (Lipinski definition) is 1. The first-order valence-electron chi connectivity index (χ1n) is 7.92. The summed E-state index contributed by atoms with van der Waals surface area (Å²) in [6.45, 7) is 3.39. The topological polar surface area (TPSA) is 12.0 Å². The molecule has 1 aromatic rings. The number of thiophene rings is 1. The molecule has 0 spiro atoms. The third kappa shape index (κ3) is 2.95. The fraction of sp³-hybridized carbons (Fsp3) is 0.647. The zero-order valence-corrected chi connectivity index (χ0v) is 12.8. The molecule has 2 aliphatic rings. The van der Waals surface area contributed by atoms with Crippen LogP contribution in [0.3, 0.4) is 0 Å². The summed E-state index contributed by atoms with van der Waals surface area (Å²) in [6, 6.07) is 3.02. The summed E-state index contributed by atoms with van der Waals surface area (Å²) in [4.78, 5) is 3.25. The molecule has 1 N–H and O–H groups in total. The van der Waals surface area contributed by atoms with Crippen LogP contribution in [0.15, 0.2) is 17.7 Å². The summed E-state index contributed by atoms with van der Waals surface area (Å²) in [5.74, 6) is 0. The maximum absolute atomic E-state index is 3.78. The van der Waals surface area contributed by atoms with E-state index in [2.05, 4.69) is 35.7 Å². The molecule has 0 bridgehead atoms. The van der Waals surface area contributed by atoms with Gasteiger partial charge in [0.15, 0.2) is 0 Å². The van der Waals surface area contributed by atoms with Gasteiger partial charge in [-0.3, -0.25) is 0 Å². The van der Waals surface area contributed by atoms with E-state index in [-0.39, 0.29) is 0 Å². The number of hydrogen-bond acceptors (Lipinski definition) is 2. The van der Waals surface area contributed by atoms with Crippen molar-refractivity contribution in [2.45, 2.75) is 64.3 Å². The minimum Gasteiger partial charge on any atom is -0.306 e. The van der Waals surface area contributed by atoms with Crippen molar-refractivity contribution in [1.82, 2.24) is 5.32 Å². The largest absolute Gasteiger partial charge is 0.306 e. The van der Waals surface area contributed by atoms with Crippen molar-refractivity contribution in [2.24, 2.45) is 0 Å². The molecule has 1 unspecified atom stereocenters. The summed E-state index contributed by atoms with van der Waals surface area (Å²) in [5, 5.41) is 3.78. The minimum absolute atomic E-state index is 0.512. The lowest BCUT2D eigenvalue weighted by atomic mass is 9.97. The molecule has 0 saturated carbocycles. The standard InChI is InChI=1S/C17H25NS/c1-2-11-18-17(13-7-3-4-8-13)16-12-14-9-5-6-10-15(14)19-16/h7,12,17-18H,2-6,8-11H2,1H3. The van der Waals surface area contributed by atoms with Crippen LogP contribution >= 0.6 is 11.3 Å². The van der Waals surface area contributed by atoms with E-state index in [1.165, 1.54) is 51.4 Å². The van der Waals surface area contributed by atoms with Gasteiger partial charge in [0.2, 0.25) is 0 Å². The van der Waals surface area contributed by atoms with Crippen LogP contribution in [0.25, 0.3) is 0 Å². The predicted molar refractivity (Wildman–Crippen MR) is 83.9 cm³/mol. The van der Waals surface area contributed by atoms with Gasteiger partial charge in [0, 0.05) is 9.75 Å². The Bertz CT molecular complexity index is 434. The Morgan fingerprint density at radius 2 is 2.11 bits per heavy atom. The van der Waals surface area contributed by atoms with Gasteiger partial charge in [0.05, 0.1) is 6.04 Å². The lowest BCUT2D eigenvalue weighted by Crippen LogP contribution is -2.22. The lowest BCUT2D eigenvalue weighted by Gasteiger charge is -2.18. The Labute approximate surface area is 121 Å². The monoisotopic (exact) mass is 275 g/mol. The highest BCUT2D eigenvalue weighted by Gasteiger charge is 2.22. The summed E-state index contributed by atoms with van der Waals surface area (Å²) >= 11 is 2.08. The SMILES string of the molecule is CCCNC(C1=CCCC1)c1cc2c(s1)CCCC2. The van der Waals surface area contributed by atoms with E-state index in [1.807, 2.05) is 0 Å². The van der Waals surface area contributed by atoms with E-state index in [4.69, 9.17) is 0 Å². The van der Waals surface area contributed by atoms with E-state index in [9.17, 15) is 0 Å². The molecule has 2 heteroatoms. The molecule has 1 heterocycles. The van der Waals surface area contributed by atoms with E-state index in [1.54, 1.807) is 20.9 Å². The van der Waals surface area contributed by atoms with Crippen molar-refractivity contribution in [2.75, 3.05) is 6.54 Å². The number of fused-ring (bicyclic) bond motifs is 1. The fourth-order valence-electron chi connectivity index (χ4n) is 3.32. The van der Waals surface area contributed by atoms with Crippen molar-refractivity contribution in [3.8, 4) is 0 Å². The van der Waals surface area contributed by atoms with Crippen LogP contribution in [0.2, 0.25) is 0 Å². The number of aryl methyl sites for hydroxylation is 2. The summed E-state index contributed by atoms with van der Waals surface area (Å²) < 4.78 is 0. The molecule has 19 heavy (non-hydrogen) atoms. The zero-order valence-electron chi connectivity index (χ0n) is 12.0. The Kier molecular flexibility index (Phi) is 4.39. The van der Waals surface area contributed by atoms with Gasteiger partial charge in [-0.25, -0.2) is 0 Å². The summed E-state index contributed by atoms with van der Waals surface area (Å²) in [5.41, 5.74) is 3.29. The molecule has 104 valence electrons. The molecule has 0 radical (unpaired) electrons. The average Bonchev–Trinajstić information content (AvgIpc) is 3.08. The first kappa shape index (κ1) is 13.4. The molecule has 0 saturated heterocycles. The zero-order chi connectivity index (χ0) is 13.1. The van der Waals surface area contributed by atoms with Crippen molar-refractivity contribution in [1.29, 1.82) is 0 Å². The second kappa shape index (κ2) is 6.23.